The van der Waals surface area contributed by atoms with Crippen molar-refractivity contribution < 1.29 is 4.79 Å². The quantitative estimate of drug-likeness (QED) is 0.423. The molecular weight excluding hydrogens is 124 g/mol. The smallest absolute Gasteiger partial charge is 0.152 e. The van der Waals surface area contributed by atoms with Crippen molar-refractivity contribution in [3.05, 3.63) is 23.3 Å². The lowest BCUT2D eigenvalue weighted by Gasteiger charge is -1.90. The zero-order valence-corrected chi connectivity index (χ0v) is 7.06. The molecule has 0 rings (SSSR count). The van der Waals surface area contributed by atoms with E-state index in [9.17, 15) is 4.79 Å². The highest BCUT2D eigenvalue weighted by molar-refractivity contribution is 5.88. The van der Waals surface area contributed by atoms with Crippen molar-refractivity contribution in [2.45, 2.75) is 27.7 Å². The number of allylic oxidation sites excluding steroid dienone is 4. The summed E-state index contributed by atoms with van der Waals surface area (Å²) in [5.74, 6) is 0.106. The molecule has 1 nitrogen and oxygen atoms in total. The highest BCUT2D eigenvalue weighted by Gasteiger charge is 1.86. The third-order valence-electron chi connectivity index (χ3n) is 0.947. The lowest BCUT2D eigenvalue weighted by atomic mass is 10.2. The Labute approximate surface area is 62.4 Å². The van der Waals surface area contributed by atoms with Crippen LogP contribution in [-0.2, 0) is 4.79 Å². The second kappa shape index (κ2) is 4.04. The largest absolute Gasteiger partial charge is 0.295 e. The molecule has 0 unspecified atom stereocenters. The average molecular weight is 138 g/mol. The van der Waals surface area contributed by atoms with Crippen LogP contribution in [0.25, 0.3) is 0 Å². The van der Waals surface area contributed by atoms with Gasteiger partial charge in [-0.3, -0.25) is 4.79 Å². The van der Waals surface area contributed by atoms with Crippen LogP contribution in [0.2, 0.25) is 0 Å². The summed E-state index contributed by atoms with van der Waals surface area (Å²) in [7, 11) is 0. The summed E-state index contributed by atoms with van der Waals surface area (Å²) >= 11 is 0. The molecule has 0 heterocycles. The van der Waals surface area contributed by atoms with Crippen LogP contribution >= 0.6 is 0 Å². The molecule has 0 atom stereocenters. The summed E-state index contributed by atoms with van der Waals surface area (Å²) in [4.78, 5) is 10.5. The fourth-order valence-corrected chi connectivity index (χ4v) is 0.818. The van der Waals surface area contributed by atoms with E-state index in [0.717, 1.165) is 5.57 Å². The van der Waals surface area contributed by atoms with Gasteiger partial charge in [0, 0.05) is 0 Å². The molecule has 0 aliphatic rings. The molecule has 10 heavy (non-hydrogen) atoms. The summed E-state index contributed by atoms with van der Waals surface area (Å²) in [6.07, 6.45) is 3.62. The molecular formula is C9H14O. The van der Waals surface area contributed by atoms with Crippen LogP contribution in [0.5, 0.6) is 0 Å². The van der Waals surface area contributed by atoms with Crippen molar-refractivity contribution in [3.63, 3.8) is 0 Å². The minimum absolute atomic E-state index is 0.106. The van der Waals surface area contributed by atoms with Gasteiger partial charge in [0.15, 0.2) is 5.78 Å². The highest BCUT2D eigenvalue weighted by Crippen LogP contribution is 1.99. The summed E-state index contributed by atoms with van der Waals surface area (Å²) in [5.41, 5.74) is 2.24. The molecule has 0 fully saturated rings. The van der Waals surface area contributed by atoms with Crippen molar-refractivity contribution >= 4 is 5.78 Å². The zero-order chi connectivity index (χ0) is 8.15. The predicted octanol–water partition coefficient (Wildman–Crippen LogP) is 2.49. The maximum Gasteiger partial charge on any atom is 0.152 e. The van der Waals surface area contributed by atoms with Crippen LogP contribution in [0.15, 0.2) is 23.3 Å². The van der Waals surface area contributed by atoms with Crippen LogP contribution < -0.4 is 0 Å². The van der Waals surface area contributed by atoms with E-state index in [2.05, 4.69) is 0 Å². The van der Waals surface area contributed by atoms with Gasteiger partial charge in [-0.1, -0.05) is 11.6 Å². The number of carbonyl (C=O) groups is 1. The van der Waals surface area contributed by atoms with Crippen molar-refractivity contribution in [1.82, 2.24) is 0 Å². The van der Waals surface area contributed by atoms with E-state index in [4.69, 9.17) is 0 Å². The van der Waals surface area contributed by atoms with E-state index in [-0.39, 0.29) is 5.78 Å². The number of hydrogen-bond donors (Lipinski definition) is 0. The van der Waals surface area contributed by atoms with E-state index in [1.165, 1.54) is 5.57 Å². The van der Waals surface area contributed by atoms with Crippen molar-refractivity contribution in [2.75, 3.05) is 0 Å². The van der Waals surface area contributed by atoms with Gasteiger partial charge in [0.1, 0.15) is 0 Å². The van der Waals surface area contributed by atoms with Crippen molar-refractivity contribution in [2.24, 2.45) is 0 Å². The molecule has 0 bridgehead atoms. The first kappa shape index (κ1) is 9.15. The molecule has 0 aliphatic carbocycles. The molecule has 0 spiro atoms. The second-order valence-electron chi connectivity index (χ2n) is 2.72. The Kier molecular flexibility index (Phi) is 3.70. The molecule has 0 radical (unpaired) electrons. The number of ketones is 1. The van der Waals surface area contributed by atoms with Gasteiger partial charge < -0.3 is 0 Å². The third kappa shape index (κ3) is 5.29. The first-order valence-electron chi connectivity index (χ1n) is 3.36. The van der Waals surface area contributed by atoms with Crippen molar-refractivity contribution in [3.8, 4) is 0 Å². The number of carbonyl (C=O) groups excluding carboxylic acids is 1. The van der Waals surface area contributed by atoms with E-state index >= 15 is 0 Å². The van der Waals surface area contributed by atoms with Crippen LogP contribution in [0.1, 0.15) is 27.7 Å². The lowest BCUT2D eigenvalue weighted by molar-refractivity contribution is -0.112. The molecule has 0 aromatic rings. The summed E-state index contributed by atoms with van der Waals surface area (Å²) in [6, 6.07) is 0. The molecule has 0 aromatic heterocycles. The molecule has 0 aliphatic heterocycles. The van der Waals surface area contributed by atoms with Crippen molar-refractivity contribution in [1.29, 1.82) is 0 Å². The van der Waals surface area contributed by atoms with E-state index in [1.54, 1.807) is 13.0 Å². The van der Waals surface area contributed by atoms with Gasteiger partial charge in [-0.2, -0.15) is 0 Å². The van der Waals surface area contributed by atoms with Gasteiger partial charge in [0.2, 0.25) is 0 Å². The second-order valence-corrected chi connectivity index (χ2v) is 2.72. The van der Waals surface area contributed by atoms with Crippen LogP contribution in [0.3, 0.4) is 0 Å². The van der Waals surface area contributed by atoms with Gasteiger partial charge in [-0.05, 0) is 39.3 Å². The van der Waals surface area contributed by atoms with E-state index in [0.29, 0.717) is 0 Å². The van der Waals surface area contributed by atoms with Gasteiger partial charge in [-0.15, -0.1) is 0 Å². The zero-order valence-electron chi connectivity index (χ0n) is 7.06. The summed E-state index contributed by atoms with van der Waals surface area (Å²) in [5, 5.41) is 0. The lowest BCUT2D eigenvalue weighted by Crippen LogP contribution is -1.82. The minimum atomic E-state index is 0.106. The molecule has 1 heteroatoms. The SMILES string of the molecule is CC(=O)/C=C(\C)C=C(C)C. The molecule has 0 saturated heterocycles. The first-order valence-corrected chi connectivity index (χ1v) is 3.36. The third-order valence-corrected chi connectivity index (χ3v) is 0.947. The van der Waals surface area contributed by atoms with Gasteiger partial charge in [0.25, 0.3) is 0 Å². The standard InChI is InChI=1S/C9H14O/c1-7(2)5-8(3)6-9(4)10/h5-6H,1-4H3/b8-6+. The van der Waals surface area contributed by atoms with Crippen LogP contribution in [0, 0.1) is 0 Å². The molecule has 0 amide bonds. The number of rotatable bonds is 2. The first-order chi connectivity index (χ1) is 4.52. The fraction of sp³-hybridized carbons (Fsp3) is 0.444. The van der Waals surface area contributed by atoms with E-state index in [1.807, 2.05) is 26.8 Å². The maximum atomic E-state index is 10.5. The fourth-order valence-electron chi connectivity index (χ4n) is 0.818. The normalized spacial score (nSPS) is 11.0. The minimum Gasteiger partial charge on any atom is -0.295 e. The Bertz CT molecular complexity index is 181. The Balaban J connectivity index is 4.22. The molecule has 0 N–H and O–H groups in total. The Morgan fingerprint density at radius 3 is 1.80 bits per heavy atom. The Morgan fingerprint density at radius 1 is 1.00 bits per heavy atom. The Morgan fingerprint density at radius 2 is 1.50 bits per heavy atom. The molecule has 56 valence electrons. The highest BCUT2D eigenvalue weighted by atomic mass is 16.1. The van der Waals surface area contributed by atoms with Gasteiger partial charge in [0.05, 0.1) is 0 Å². The summed E-state index contributed by atoms with van der Waals surface area (Å²) in [6.45, 7) is 7.51. The van der Waals surface area contributed by atoms with Crippen LogP contribution in [0.4, 0.5) is 0 Å². The maximum absolute atomic E-state index is 10.5. The number of hydrogen-bond acceptors (Lipinski definition) is 1. The molecule has 0 saturated carbocycles. The predicted molar refractivity (Wildman–Crippen MR) is 43.9 cm³/mol. The topological polar surface area (TPSA) is 17.1 Å². The van der Waals surface area contributed by atoms with E-state index < -0.39 is 0 Å². The van der Waals surface area contributed by atoms with Gasteiger partial charge in [-0.25, -0.2) is 0 Å². The van der Waals surface area contributed by atoms with Crippen LogP contribution in [-0.4, -0.2) is 5.78 Å². The average Bonchev–Trinajstić information content (AvgIpc) is 1.58. The monoisotopic (exact) mass is 138 g/mol. The molecule has 0 aromatic carbocycles. The Hall–Kier alpha value is -0.850. The summed E-state index contributed by atoms with van der Waals surface area (Å²) < 4.78 is 0. The van der Waals surface area contributed by atoms with Gasteiger partial charge >= 0.3 is 0 Å².